The van der Waals surface area contributed by atoms with Crippen LogP contribution in [0.4, 0.5) is 0 Å². The monoisotopic (exact) mass is 225 g/mol. The second kappa shape index (κ2) is 4.71. The summed E-state index contributed by atoms with van der Waals surface area (Å²) in [6.45, 7) is 0. The molecule has 1 aliphatic rings. The summed E-state index contributed by atoms with van der Waals surface area (Å²) < 4.78 is 4.56. The van der Waals surface area contributed by atoms with Crippen LogP contribution in [-0.2, 0) is 9.53 Å². The van der Waals surface area contributed by atoms with E-state index in [1.807, 2.05) is 0 Å². The summed E-state index contributed by atoms with van der Waals surface area (Å²) in [6.07, 6.45) is 0.237. The molecule has 0 aromatic heterocycles. The van der Waals surface area contributed by atoms with Crippen LogP contribution in [0.1, 0.15) is 12.8 Å². The number of esters is 1. The molecule has 0 spiro atoms. The molecule has 2 unspecified atom stereocenters. The Morgan fingerprint density at radius 2 is 1.81 bits per heavy atom. The van der Waals surface area contributed by atoms with Crippen molar-refractivity contribution in [3.63, 3.8) is 0 Å². The van der Waals surface area contributed by atoms with Gasteiger partial charge in [0, 0.05) is 21.9 Å². The lowest BCUT2D eigenvalue weighted by molar-refractivity contribution is -0.146. The van der Waals surface area contributed by atoms with Crippen LogP contribution in [0.3, 0.4) is 0 Å². The molecule has 86 valence electrons. The van der Waals surface area contributed by atoms with E-state index in [1.165, 1.54) is 7.11 Å². The van der Waals surface area contributed by atoms with Gasteiger partial charge in [-0.25, -0.2) is 0 Å². The maximum atomic E-state index is 11.4. The van der Waals surface area contributed by atoms with Crippen LogP contribution in [-0.4, -0.2) is 30.7 Å². The zero-order chi connectivity index (χ0) is 12.2. The molecule has 0 aliphatic heterocycles. The van der Waals surface area contributed by atoms with Gasteiger partial charge in [0.25, 0.3) is 0 Å². The molecule has 1 saturated carbocycles. The number of carbonyl (C=O) groups is 1. The van der Waals surface area contributed by atoms with Crippen LogP contribution in [0.5, 0.6) is 0 Å². The Labute approximate surface area is 90.8 Å². The lowest BCUT2D eigenvalue weighted by Crippen LogP contribution is -2.46. The van der Waals surface area contributed by atoms with E-state index in [2.05, 4.69) is 24.8 Å². The van der Waals surface area contributed by atoms with Gasteiger partial charge in [-0.05, 0) is 23.9 Å². The normalized spacial score (nSPS) is 32.4. The molecule has 1 aliphatic carbocycles. The maximum Gasteiger partial charge on any atom is 0.325 e. The molecule has 1 rings (SSSR count). The highest BCUT2D eigenvalue weighted by Gasteiger charge is 2.48. The second-order valence-electron chi connectivity index (χ2n) is 3.60. The summed E-state index contributed by atoms with van der Waals surface area (Å²) in [7, 11) is 1.22. The summed E-state index contributed by atoms with van der Waals surface area (Å²) in [5.41, 5.74) is 21.3. The highest BCUT2D eigenvalue weighted by Crippen LogP contribution is 2.33. The maximum absolute atomic E-state index is 11.4. The summed E-state index contributed by atoms with van der Waals surface area (Å²) >= 11 is 0. The summed E-state index contributed by atoms with van der Waals surface area (Å²) in [5, 5.41) is 6.93. The Morgan fingerprint density at radius 3 is 2.12 bits per heavy atom. The van der Waals surface area contributed by atoms with E-state index in [9.17, 15) is 4.79 Å². The van der Waals surface area contributed by atoms with Crippen molar-refractivity contribution in [1.82, 2.24) is 0 Å². The fourth-order valence-corrected chi connectivity index (χ4v) is 1.84. The molecule has 2 atom stereocenters. The minimum absolute atomic E-state index is 0.118. The van der Waals surface area contributed by atoms with Gasteiger partial charge in [-0.2, -0.15) is 0 Å². The minimum Gasteiger partial charge on any atom is -0.468 e. The van der Waals surface area contributed by atoms with Gasteiger partial charge in [-0.15, -0.1) is 0 Å². The number of methoxy groups -OCH3 is 1. The molecule has 9 heteroatoms. The van der Waals surface area contributed by atoms with E-state index in [0.717, 1.165) is 0 Å². The molecule has 0 aromatic rings. The van der Waals surface area contributed by atoms with E-state index in [4.69, 9.17) is 16.8 Å². The molecule has 1 fully saturated rings. The van der Waals surface area contributed by atoms with Gasteiger partial charge in [0.1, 0.15) is 5.54 Å². The number of carbonyl (C=O) groups excluding carboxylic acids is 1. The van der Waals surface area contributed by atoms with Crippen molar-refractivity contribution in [2.75, 3.05) is 7.11 Å². The van der Waals surface area contributed by atoms with Gasteiger partial charge in [-0.3, -0.25) is 4.79 Å². The van der Waals surface area contributed by atoms with E-state index >= 15 is 0 Å². The molecular weight excluding hydrogens is 214 g/mol. The first-order valence-electron chi connectivity index (χ1n) is 4.53. The largest absolute Gasteiger partial charge is 0.468 e. The molecular formula is C7H11N7O2. The lowest BCUT2D eigenvalue weighted by atomic mass is 9.99. The number of nitrogens with two attached hydrogens (primary N) is 1. The number of rotatable bonds is 3. The highest BCUT2D eigenvalue weighted by molar-refractivity contribution is 5.81. The third-order valence-corrected chi connectivity index (χ3v) is 2.58. The minimum atomic E-state index is -1.24. The number of hydrogen-bond donors (Lipinski definition) is 1. The molecule has 9 nitrogen and oxygen atoms in total. The number of hydrogen-bond acceptors (Lipinski definition) is 5. The Bertz CT molecular complexity index is 356. The quantitative estimate of drug-likeness (QED) is 0.330. The van der Waals surface area contributed by atoms with Crippen LogP contribution in [0.25, 0.3) is 20.9 Å². The highest BCUT2D eigenvalue weighted by atomic mass is 16.5. The van der Waals surface area contributed by atoms with Crippen molar-refractivity contribution in [3.8, 4) is 0 Å². The molecule has 2 N–H and O–H groups in total. The van der Waals surface area contributed by atoms with Crippen molar-refractivity contribution in [1.29, 1.82) is 0 Å². The van der Waals surface area contributed by atoms with Crippen molar-refractivity contribution in [2.24, 2.45) is 16.0 Å². The van der Waals surface area contributed by atoms with Gasteiger partial charge in [0.2, 0.25) is 0 Å². The van der Waals surface area contributed by atoms with Crippen molar-refractivity contribution < 1.29 is 9.53 Å². The number of azide groups is 2. The smallest absolute Gasteiger partial charge is 0.325 e. The first-order chi connectivity index (χ1) is 7.57. The molecule has 0 heterocycles. The lowest BCUT2D eigenvalue weighted by Gasteiger charge is -2.19. The number of nitrogens with zero attached hydrogens (tertiary/aromatic N) is 6. The van der Waals surface area contributed by atoms with E-state index in [-0.39, 0.29) is 12.8 Å². The van der Waals surface area contributed by atoms with Gasteiger partial charge < -0.3 is 10.5 Å². The Morgan fingerprint density at radius 1 is 1.38 bits per heavy atom. The Kier molecular flexibility index (Phi) is 3.57. The second-order valence-corrected chi connectivity index (χ2v) is 3.60. The van der Waals surface area contributed by atoms with Crippen molar-refractivity contribution >= 4 is 5.97 Å². The predicted molar refractivity (Wildman–Crippen MR) is 54.0 cm³/mol. The van der Waals surface area contributed by atoms with Crippen molar-refractivity contribution in [3.05, 3.63) is 20.9 Å². The van der Waals surface area contributed by atoms with Crippen LogP contribution < -0.4 is 5.73 Å². The predicted octanol–water partition coefficient (Wildman–Crippen LogP) is 1.01. The van der Waals surface area contributed by atoms with Crippen LogP contribution >= 0.6 is 0 Å². The fraction of sp³-hybridized carbons (Fsp3) is 0.857. The first kappa shape index (κ1) is 12.1. The average Bonchev–Trinajstić information content (AvgIpc) is 2.57. The van der Waals surface area contributed by atoms with Crippen LogP contribution in [0.15, 0.2) is 10.2 Å². The van der Waals surface area contributed by atoms with Gasteiger partial charge >= 0.3 is 5.97 Å². The summed E-state index contributed by atoms with van der Waals surface area (Å²) in [4.78, 5) is 16.7. The zero-order valence-electron chi connectivity index (χ0n) is 8.65. The van der Waals surface area contributed by atoms with Crippen molar-refractivity contribution in [2.45, 2.75) is 30.5 Å². The van der Waals surface area contributed by atoms with Gasteiger partial charge in [-0.1, -0.05) is 10.2 Å². The third-order valence-electron chi connectivity index (χ3n) is 2.58. The van der Waals surface area contributed by atoms with Gasteiger partial charge in [0.15, 0.2) is 0 Å². The van der Waals surface area contributed by atoms with Crippen LogP contribution in [0.2, 0.25) is 0 Å². The van der Waals surface area contributed by atoms with E-state index in [1.54, 1.807) is 0 Å². The van der Waals surface area contributed by atoms with E-state index in [0.29, 0.717) is 0 Å². The molecule has 0 radical (unpaired) electrons. The molecule has 16 heavy (non-hydrogen) atoms. The molecule has 0 amide bonds. The topological polar surface area (TPSA) is 150 Å². The Balaban J connectivity index is 2.95. The summed E-state index contributed by atoms with van der Waals surface area (Å²) in [5.74, 6) is -0.596. The summed E-state index contributed by atoms with van der Waals surface area (Å²) in [6, 6.07) is -1.21. The van der Waals surface area contributed by atoms with Crippen LogP contribution in [0, 0.1) is 0 Å². The fourth-order valence-electron chi connectivity index (χ4n) is 1.84. The Hall–Kier alpha value is -1.95. The average molecular weight is 225 g/mol. The molecule has 0 saturated heterocycles. The third kappa shape index (κ3) is 2.17. The zero-order valence-corrected chi connectivity index (χ0v) is 8.65. The van der Waals surface area contributed by atoms with Gasteiger partial charge in [0.05, 0.1) is 7.11 Å². The molecule has 0 bridgehead atoms. The first-order valence-corrected chi connectivity index (χ1v) is 4.53. The molecule has 0 aromatic carbocycles. The standard InChI is InChI=1S/C7H11N7O2/c1-16-6(15)7(8)2-4(11-13-9)5(3-7)12-14-10/h4-5H,2-3,8H2,1H3. The SMILES string of the molecule is COC(=O)C1(N)CC(N=[N+]=[N-])C(N=[N+]=[N-])C1. The number of ether oxygens (including phenoxy) is 1. The van der Waals surface area contributed by atoms with E-state index < -0.39 is 23.6 Å².